The standard InChI is InChI=1S/C11H18N2O3/c1-4-8(3)6-13(5-2)11-12-9(7-16-11)10(14)15/h7-8H,4-6H2,1-3H3,(H,14,15). The maximum Gasteiger partial charge on any atom is 0.357 e. The first-order valence-corrected chi connectivity index (χ1v) is 5.52. The number of hydrogen-bond donors (Lipinski definition) is 1. The Balaban J connectivity index is 2.74. The molecule has 1 N–H and O–H groups in total. The van der Waals surface area contributed by atoms with Gasteiger partial charge in [0.2, 0.25) is 0 Å². The zero-order valence-corrected chi connectivity index (χ0v) is 9.93. The van der Waals surface area contributed by atoms with Crippen LogP contribution >= 0.6 is 0 Å². The number of carboxylic acid groups (broad SMARTS) is 1. The van der Waals surface area contributed by atoms with Crippen LogP contribution in [-0.2, 0) is 0 Å². The fourth-order valence-corrected chi connectivity index (χ4v) is 1.36. The van der Waals surface area contributed by atoms with Crippen molar-refractivity contribution in [3.8, 4) is 0 Å². The number of rotatable bonds is 6. The third-order valence-corrected chi connectivity index (χ3v) is 2.59. The van der Waals surface area contributed by atoms with E-state index in [1.54, 1.807) is 0 Å². The Labute approximate surface area is 95.1 Å². The summed E-state index contributed by atoms with van der Waals surface area (Å²) in [6, 6.07) is 0.389. The first-order chi connectivity index (χ1) is 7.58. The Kier molecular flexibility index (Phi) is 4.34. The lowest BCUT2D eigenvalue weighted by Crippen LogP contribution is -2.28. The van der Waals surface area contributed by atoms with Crippen molar-refractivity contribution in [2.45, 2.75) is 27.2 Å². The molecule has 5 heteroatoms. The average molecular weight is 226 g/mol. The summed E-state index contributed by atoms with van der Waals surface area (Å²) in [5, 5.41) is 8.74. The topological polar surface area (TPSA) is 66.6 Å². The van der Waals surface area contributed by atoms with Gasteiger partial charge in [0.1, 0.15) is 6.26 Å². The fourth-order valence-electron chi connectivity index (χ4n) is 1.36. The molecule has 0 radical (unpaired) electrons. The van der Waals surface area contributed by atoms with Crippen molar-refractivity contribution >= 4 is 12.0 Å². The second-order valence-corrected chi connectivity index (χ2v) is 3.87. The van der Waals surface area contributed by atoms with Gasteiger partial charge in [-0.25, -0.2) is 4.79 Å². The van der Waals surface area contributed by atoms with Gasteiger partial charge in [-0.3, -0.25) is 0 Å². The zero-order chi connectivity index (χ0) is 12.1. The predicted molar refractivity (Wildman–Crippen MR) is 60.8 cm³/mol. The normalized spacial score (nSPS) is 12.4. The minimum absolute atomic E-state index is 0.0439. The van der Waals surface area contributed by atoms with Crippen molar-refractivity contribution in [3.05, 3.63) is 12.0 Å². The summed E-state index contributed by atoms with van der Waals surface area (Å²) in [5.74, 6) is -0.533. The molecule has 0 amide bonds. The highest BCUT2D eigenvalue weighted by Gasteiger charge is 2.16. The summed E-state index contributed by atoms with van der Waals surface area (Å²) < 4.78 is 5.16. The van der Waals surface area contributed by atoms with Gasteiger partial charge in [0.05, 0.1) is 0 Å². The van der Waals surface area contributed by atoms with E-state index in [4.69, 9.17) is 9.52 Å². The van der Waals surface area contributed by atoms with E-state index in [0.717, 1.165) is 19.5 Å². The van der Waals surface area contributed by atoms with Crippen molar-refractivity contribution in [2.75, 3.05) is 18.0 Å². The van der Waals surface area contributed by atoms with Gasteiger partial charge < -0.3 is 14.4 Å². The molecule has 0 fully saturated rings. The van der Waals surface area contributed by atoms with Crippen molar-refractivity contribution < 1.29 is 14.3 Å². The van der Waals surface area contributed by atoms with Crippen LogP contribution in [0.4, 0.5) is 6.01 Å². The molecule has 1 aromatic heterocycles. The minimum atomic E-state index is -1.06. The number of nitrogens with zero attached hydrogens (tertiary/aromatic N) is 2. The third kappa shape index (κ3) is 2.98. The van der Waals surface area contributed by atoms with E-state index in [0.29, 0.717) is 11.9 Å². The van der Waals surface area contributed by atoms with Crippen LogP contribution in [0.25, 0.3) is 0 Å². The molecule has 16 heavy (non-hydrogen) atoms. The van der Waals surface area contributed by atoms with Crippen LogP contribution in [0.2, 0.25) is 0 Å². The van der Waals surface area contributed by atoms with Crippen molar-refractivity contribution in [1.82, 2.24) is 4.98 Å². The quantitative estimate of drug-likeness (QED) is 0.805. The highest BCUT2D eigenvalue weighted by Crippen LogP contribution is 2.16. The van der Waals surface area contributed by atoms with E-state index in [1.807, 2.05) is 11.8 Å². The summed E-state index contributed by atoms with van der Waals surface area (Å²) in [5.41, 5.74) is -0.0439. The number of carbonyl (C=O) groups is 1. The number of carboxylic acids is 1. The second kappa shape index (κ2) is 5.53. The Morgan fingerprint density at radius 3 is 2.75 bits per heavy atom. The summed E-state index contributed by atoms with van der Waals surface area (Å²) >= 11 is 0. The van der Waals surface area contributed by atoms with Crippen molar-refractivity contribution in [3.63, 3.8) is 0 Å². The van der Waals surface area contributed by atoms with E-state index in [2.05, 4.69) is 18.8 Å². The molecule has 0 aliphatic heterocycles. The van der Waals surface area contributed by atoms with Crippen LogP contribution in [0.15, 0.2) is 10.7 Å². The molecule has 1 heterocycles. The van der Waals surface area contributed by atoms with Crippen LogP contribution in [0.3, 0.4) is 0 Å². The van der Waals surface area contributed by atoms with Crippen LogP contribution in [0.5, 0.6) is 0 Å². The number of aromatic nitrogens is 1. The van der Waals surface area contributed by atoms with Gasteiger partial charge in [-0.2, -0.15) is 4.98 Å². The minimum Gasteiger partial charge on any atom is -0.476 e. The number of aromatic carboxylic acids is 1. The predicted octanol–water partition coefficient (Wildman–Crippen LogP) is 2.25. The molecule has 0 saturated carbocycles. The van der Waals surface area contributed by atoms with Gasteiger partial charge in [0, 0.05) is 13.1 Å². The number of hydrogen-bond acceptors (Lipinski definition) is 4. The Bertz CT molecular complexity index is 349. The fraction of sp³-hybridized carbons (Fsp3) is 0.636. The number of anilines is 1. The van der Waals surface area contributed by atoms with Crippen molar-refractivity contribution in [1.29, 1.82) is 0 Å². The highest BCUT2D eigenvalue weighted by molar-refractivity contribution is 5.85. The molecule has 0 aliphatic rings. The summed E-state index contributed by atoms with van der Waals surface area (Å²) in [4.78, 5) is 16.5. The van der Waals surface area contributed by atoms with Gasteiger partial charge in [-0.15, -0.1) is 0 Å². The molecule has 1 atom stereocenters. The largest absolute Gasteiger partial charge is 0.476 e. The van der Waals surface area contributed by atoms with Gasteiger partial charge in [0.25, 0.3) is 6.01 Å². The summed E-state index contributed by atoms with van der Waals surface area (Å²) in [6.07, 6.45) is 2.25. The molecule has 0 bridgehead atoms. The maximum atomic E-state index is 10.7. The Morgan fingerprint density at radius 1 is 1.62 bits per heavy atom. The molecule has 0 aromatic carbocycles. The SMILES string of the molecule is CCC(C)CN(CC)c1nc(C(=O)O)co1. The van der Waals surface area contributed by atoms with E-state index in [9.17, 15) is 4.79 Å². The maximum absolute atomic E-state index is 10.7. The first-order valence-electron chi connectivity index (χ1n) is 5.52. The van der Waals surface area contributed by atoms with Crippen LogP contribution in [0.1, 0.15) is 37.7 Å². The second-order valence-electron chi connectivity index (χ2n) is 3.87. The zero-order valence-electron chi connectivity index (χ0n) is 9.93. The molecule has 0 saturated heterocycles. The smallest absolute Gasteiger partial charge is 0.357 e. The molecule has 5 nitrogen and oxygen atoms in total. The van der Waals surface area contributed by atoms with Crippen LogP contribution < -0.4 is 4.90 Å². The average Bonchev–Trinajstić information content (AvgIpc) is 2.74. The van der Waals surface area contributed by atoms with E-state index >= 15 is 0 Å². The lowest BCUT2D eigenvalue weighted by atomic mass is 10.1. The Morgan fingerprint density at radius 2 is 2.31 bits per heavy atom. The lowest BCUT2D eigenvalue weighted by molar-refractivity contribution is 0.0690. The molecule has 0 spiro atoms. The van der Waals surface area contributed by atoms with Gasteiger partial charge >= 0.3 is 5.97 Å². The molecule has 1 unspecified atom stereocenters. The third-order valence-electron chi connectivity index (χ3n) is 2.59. The van der Waals surface area contributed by atoms with Crippen LogP contribution in [-0.4, -0.2) is 29.1 Å². The van der Waals surface area contributed by atoms with E-state index in [-0.39, 0.29) is 5.69 Å². The lowest BCUT2D eigenvalue weighted by Gasteiger charge is -2.21. The molecule has 0 aliphatic carbocycles. The Hall–Kier alpha value is -1.52. The van der Waals surface area contributed by atoms with E-state index in [1.165, 1.54) is 6.26 Å². The highest BCUT2D eigenvalue weighted by atomic mass is 16.4. The first kappa shape index (κ1) is 12.5. The monoisotopic (exact) mass is 226 g/mol. The van der Waals surface area contributed by atoms with Gasteiger partial charge in [0.15, 0.2) is 5.69 Å². The molecular formula is C11H18N2O3. The molecule has 1 aromatic rings. The van der Waals surface area contributed by atoms with E-state index < -0.39 is 5.97 Å². The summed E-state index contributed by atoms with van der Waals surface area (Å²) in [6.45, 7) is 7.84. The van der Waals surface area contributed by atoms with Crippen molar-refractivity contribution in [2.24, 2.45) is 5.92 Å². The van der Waals surface area contributed by atoms with Gasteiger partial charge in [-0.05, 0) is 12.8 Å². The number of oxazole rings is 1. The summed E-state index contributed by atoms with van der Waals surface area (Å²) in [7, 11) is 0. The molecule has 1 rings (SSSR count). The molecular weight excluding hydrogens is 208 g/mol. The van der Waals surface area contributed by atoms with Gasteiger partial charge in [-0.1, -0.05) is 20.3 Å². The molecule has 90 valence electrons. The van der Waals surface area contributed by atoms with Crippen LogP contribution in [0, 0.1) is 5.92 Å².